The molecule has 0 aliphatic heterocycles. The summed E-state index contributed by atoms with van der Waals surface area (Å²) in [6, 6.07) is 4.37. The van der Waals surface area contributed by atoms with Crippen LogP contribution in [0.4, 0.5) is 4.39 Å². The summed E-state index contributed by atoms with van der Waals surface area (Å²) in [6.07, 6.45) is 0. The van der Waals surface area contributed by atoms with E-state index in [0.29, 0.717) is 5.75 Å². The number of ether oxygens (including phenoxy) is 1. The van der Waals surface area contributed by atoms with E-state index in [-0.39, 0.29) is 11.9 Å². The van der Waals surface area contributed by atoms with Crippen molar-refractivity contribution in [2.45, 2.75) is 19.9 Å². The number of hydrogen-bond acceptors (Lipinski definition) is 3. The standard InChI is InChI=1S/C15H17ClFNOS/c1-4-18-14(15-13(16)9(2)8-20-15)11-7-10(17)5-6-12(11)19-3/h5-8,14,18H,4H2,1-3H3. The molecular formula is C15H17ClFNOS. The monoisotopic (exact) mass is 313 g/mol. The quantitative estimate of drug-likeness (QED) is 0.874. The minimum absolute atomic E-state index is 0.170. The van der Waals surface area contributed by atoms with Crippen LogP contribution in [0.15, 0.2) is 23.6 Å². The maximum absolute atomic E-state index is 13.6. The van der Waals surface area contributed by atoms with Crippen LogP contribution in [0.5, 0.6) is 5.75 Å². The maximum atomic E-state index is 13.6. The first-order valence-electron chi connectivity index (χ1n) is 6.38. The van der Waals surface area contributed by atoms with Gasteiger partial charge in [-0.1, -0.05) is 18.5 Å². The van der Waals surface area contributed by atoms with Gasteiger partial charge < -0.3 is 10.1 Å². The summed E-state index contributed by atoms with van der Waals surface area (Å²) < 4.78 is 18.9. The summed E-state index contributed by atoms with van der Waals surface area (Å²) in [5.74, 6) is 0.368. The van der Waals surface area contributed by atoms with Crippen molar-refractivity contribution in [3.63, 3.8) is 0 Å². The molecule has 5 heteroatoms. The second-order valence-electron chi connectivity index (χ2n) is 4.47. The average Bonchev–Trinajstić information content (AvgIpc) is 2.76. The lowest BCUT2D eigenvalue weighted by atomic mass is 10.0. The van der Waals surface area contributed by atoms with Gasteiger partial charge in [0.2, 0.25) is 0 Å². The summed E-state index contributed by atoms with van der Waals surface area (Å²) in [5.41, 5.74) is 1.79. The predicted octanol–water partition coefficient (Wildman–Crippen LogP) is 4.56. The van der Waals surface area contributed by atoms with Crippen molar-refractivity contribution >= 4 is 22.9 Å². The van der Waals surface area contributed by atoms with E-state index in [9.17, 15) is 4.39 Å². The van der Waals surface area contributed by atoms with Gasteiger partial charge in [-0.25, -0.2) is 4.39 Å². The highest BCUT2D eigenvalue weighted by Crippen LogP contribution is 2.38. The average molecular weight is 314 g/mol. The third-order valence-corrected chi connectivity index (χ3v) is 4.88. The number of methoxy groups -OCH3 is 1. The third-order valence-electron chi connectivity index (χ3n) is 3.10. The molecule has 1 atom stereocenters. The molecule has 2 rings (SSSR count). The number of rotatable bonds is 5. The Bertz CT molecular complexity index is 600. The Labute approximate surface area is 127 Å². The number of halogens is 2. The van der Waals surface area contributed by atoms with Crippen molar-refractivity contribution in [3.8, 4) is 5.75 Å². The highest BCUT2D eigenvalue weighted by Gasteiger charge is 2.22. The number of hydrogen-bond donors (Lipinski definition) is 1. The molecule has 1 heterocycles. The van der Waals surface area contributed by atoms with Crippen LogP contribution in [0.1, 0.15) is 29.0 Å². The number of aryl methyl sites for hydroxylation is 1. The molecule has 0 radical (unpaired) electrons. The molecule has 108 valence electrons. The summed E-state index contributed by atoms with van der Waals surface area (Å²) in [4.78, 5) is 0.981. The first-order chi connectivity index (χ1) is 9.58. The zero-order valence-electron chi connectivity index (χ0n) is 11.7. The molecule has 0 amide bonds. The zero-order valence-corrected chi connectivity index (χ0v) is 13.2. The Morgan fingerprint density at radius 2 is 2.20 bits per heavy atom. The maximum Gasteiger partial charge on any atom is 0.124 e. The van der Waals surface area contributed by atoms with Gasteiger partial charge in [-0.2, -0.15) is 0 Å². The number of thiophene rings is 1. The van der Waals surface area contributed by atoms with E-state index in [1.165, 1.54) is 12.1 Å². The smallest absolute Gasteiger partial charge is 0.124 e. The molecular weight excluding hydrogens is 297 g/mol. The van der Waals surface area contributed by atoms with E-state index >= 15 is 0 Å². The van der Waals surface area contributed by atoms with Crippen LogP contribution in [0.3, 0.4) is 0 Å². The van der Waals surface area contributed by atoms with Crippen LogP contribution in [-0.2, 0) is 0 Å². The first kappa shape index (κ1) is 15.3. The number of benzene rings is 1. The van der Waals surface area contributed by atoms with Gasteiger partial charge in [0.05, 0.1) is 18.2 Å². The Kier molecular flexibility index (Phi) is 5.02. The van der Waals surface area contributed by atoms with Crippen LogP contribution in [0.25, 0.3) is 0 Å². The van der Waals surface area contributed by atoms with Crippen molar-refractivity contribution < 1.29 is 9.13 Å². The van der Waals surface area contributed by atoms with Gasteiger partial charge in [-0.15, -0.1) is 11.3 Å². The van der Waals surface area contributed by atoms with Gasteiger partial charge >= 0.3 is 0 Å². The third kappa shape index (κ3) is 2.97. The summed E-state index contributed by atoms with van der Waals surface area (Å²) >= 11 is 7.93. The molecule has 1 unspecified atom stereocenters. The Hall–Kier alpha value is -1.10. The lowest BCUT2D eigenvalue weighted by molar-refractivity contribution is 0.403. The SMILES string of the molecule is CCNC(c1cc(F)ccc1OC)c1scc(C)c1Cl. The second kappa shape index (κ2) is 6.57. The number of nitrogens with one attached hydrogen (secondary N) is 1. The van der Waals surface area contributed by atoms with E-state index < -0.39 is 0 Å². The minimum atomic E-state index is -0.284. The van der Waals surface area contributed by atoms with Crippen LogP contribution < -0.4 is 10.1 Å². The molecule has 0 bridgehead atoms. The van der Waals surface area contributed by atoms with Crippen LogP contribution >= 0.6 is 22.9 Å². The van der Waals surface area contributed by atoms with Gasteiger partial charge in [0, 0.05) is 10.4 Å². The molecule has 0 saturated heterocycles. The molecule has 1 aromatic heterocycles. The van der Waals surface area contributed by atoms with Crippen LogP contribution in [-0.4, -0.2) is 13.7 Å². The second-order valence-corrected chi connectivity index (χ2v) is 5.76. The minimum Gasteiger partial charge on any atom is -0.496 e. The van der Waals surface area contributed by atoms with Gasteiger partial charge in [0.25, 0.3) is 0 Å². The molecule has 0 fully saturated rings. The van der Waals surface area contributed by atoms with E-state index in [1.807, 2.05) is 19.2 Å². The van der Waals surface area contributed by atoms with Crippen molar-refractivity contribution in [2.24, 2.45) is 0 Å². The van der Waals surface area contributed by atoms with Gasteiger partial charge in [0.15, 0.2) is 0 Å². The molecule has 0 spiro atoms. The molecule has 0 aliphatic carbocycles. The fourth-order valence-corrected chi connectivity index (χ4v) is 3.52. The van der Waals surface area contributed by atoms with E-state index in [0.717, 1.165) is 27.6 Å². The van der Waals surface area contributed by atoms with Gasteiger partial charge in [-0.05, 0) is 42.6 Å². The molecule has 2 aromatic rings. The predicted molar refractivity (Wildman–Crippen MR) is 82.5 cm³/mol. The lowest BCUT2D eigenvalue weighted by Crippen LogP contribution is -2.22. The van der Waals surface area contributed by atoms with Gasteiger partial charge in [0.1, 0.15) is 11.6 Å². The topological polar surface area (TPSA) is 21.3 Å². The largest absolute Gasteiger partial charge is 0.496 e. The molecule has 1 aromatic carbocycles. The zero-order chi connectivity index (χ0) is 14.7. The highest BCUT2D eigenvalue weighted by atomic mass is 35.5. The van der Waals surface area contributed by atoms with E-state index in [2.05, 4.69) is 5.32 Å². The molecule has 20 heavy (non-hydrogen) atoms. The van der Waals surface area contributed by atoms with Crippen molar-refractivity contribution in [3.05, 3.63) is 50.4 Å². The fourth-order valence-electron chi connectivity index (χ4n) is 2.12. The summed E-state index contributed by atoms with van der Waals surface area (Å²) in [6.45, 7) is 4.72. The van der Waals surface area contributed by atoms with E-state index in [1.54, 1.807) is 24.5 Å². The molecule has 2 nitrogen and oxygen atoms in total. The van der Waals surface area contributed by atoms with Crippen LogP contribution in [0, 0.1) is 12.7 Å². The van der Waals surface area contributed by atoms with Gasteiger partial charge in [-0.3, -0.25) is 0 Å². The van der Waals surface area contributed by atoms with Crippen LogP contribution in [0.2, 0.25) is 5.02 Å². The summed E-state index contributed by atoms with van der Waals surface area (Å²) in [7, 11) is 1.58. The molecule has 1 N–H and O–H groups in total. The normalized spacial score (nSPS) is 12.4. The van der Waals surface area contributed by atoms with Crippen molar-refractivity contribution in [1.82, 2.24) is 5.32 Å². The Morgan fingerprint density at radius 3 is 2.75 bits per heavy atom. The molecule has 0 aliphatic rings. The molecule has 0 saturated carbocycles. The van der Waals surface area contributed by atoms with E-state index in [4.69, 9.17) is 16.3 Å². The van der Waals surface area contributed by atoms with Crippen molar-refractivity contribution in [1.29, 1.82) is 0 Å². The Morgan fingerprint density at radius 1 is 1.45 bits per heavy atom. The highest BCUT2D eigenvalue weighted by molar-refractivity contribution is 7.10. The Balaban J connectivity index is 2.53. The first-order valence-corrected chi connectivity index (χ1v) is 7.64. The lowest BCUT2D eigenvalue weighted by Gasteiger charge is -2.20. The summed E-state index contributed by atoms with van der Waals surface area (Å²) in [5, 5.41) is 6.09. The fraction of sp³-hybridized carbons (Fsp3) is 0.333. The van der Waals surface area contributed by atoms with Crippen molar-refractivity contribution in [2.75, 3.05) is 13.7 Å².